The minimum atomic E-state index is 0.186. The van der Waals surface area contributed by atoms with E-state index in [1.807, 2.05) is 13.1 Å². The van der Waals surface area contributed by atoms with Crippen LogP contribution in [-0.4, -0.2) is 16.0 Å². The Bertz CT molecular complexity index is 215. The molecule has 0 saturated carbocycles. The molecule has 11 heavy (non-hydrogen) atoms. The van der Waals surface area contributed by atoms with Gasteiger partial charge in [-0.2, -0.15) is 0 Å². The van der Waals surface area contributed by atoms with Crippen LogP contribution in [0.4, 0.5) is 0 Å². The summed E-state index contributed by atoms with van der Waals surface area (Å²) in [5, 5.41) is 0. The van der Waals surface area contributed by atoms with E-state index in [1.54, 1.807) is 0 Å². The lowest BCUT2D eigenvalue weighted by molar-refractivity contribution is 0.708. The molecule has 1 aromatic rings. The Labute approximate surface area is 67.0 Å². The summed E-state index contributed by atoms with van der Waals surface area (Å²) in [4.78, 5) is 7.39. The zero-order valence-electron chi connectivity index (χ0n) is 7.09. The molecule has 0 aliphatic rings. The summed E-state index contributed by atoms with van der Waals surface area (Å²) in [5.41, 5.74) is 6.80. The van der Waals surface area contributed by atoms with Crippen molar-refractivity contribution in [3.05, 3.63) is 17.7 Å². The summed E-state index contributed by atoms with van der Waals surface area (Å²) < 4.78 is 0. The number of nitrogens with zero attached hydrogens (tertiary/aromatic N) is 1. The zero-order chi connectivity index (χ0) is 8.27. The lowest BCUT2D eigenvalue weighted by atomic mass is 10.2. The van der Waals surface area contributed by atoms with Gasteiger partial charge in [0.2, 0.25) is 0 Å². The van der Waals surface area contributed by atoms with Gasteiger partial charge in [-0.15, -0.1) is 0 Å². The van der Waals surface area contributed by atoms with Crippen LogP contribution in [-0.2, 0) is 12.8 Å². The molecule has 0 aliphatic carbocycles. The minimum absolute atomic E-state index is 0.186. The Morgan fingerprint density at radius 2 is 2.45 bits per heavy atom. The SMILES string of the molecule is CCc1cnc(CC(C)N)[nH]1. The Balaban J connectivity index is 2.58. The molecule has 1 atom stereocenters. The first-order valence-corrected chi connectivity index (χ1v) is 4.00. The lowest BCUT2D eigenvalue weighted by Gasteiger charge is -1.99. The lowest BCUT2D eigenvalue weighted by Crippen LogP contribution is -2.18. The monoisotopic (exact) mass is 153 g/mol. The van der Waals surface area contributed by atoms with Crippen molar-refractivity contribution in [2.24, 2.45) is 5.73 Å². The second-order valence-corrected chi connectivity index (χ2v) is 2.89. The van der Waals surface area contributed by atoms with E-state index in [-0.39, 0.29) is 6.04 Å². The third-order valence-corrected chi connectivity index (χ3v) is 1.58. The van der Waals surface area contributed by atoms with Crippen LogP contribution < -0.4 is 5.73 Å². The number of H-pyrrole nitrogens is 1. The second kappa shape index (κ2) is 3.53. The number of aryl methyl sites for hydroxylation is 1. The van der Waals surface area contributed by atoms with Crippen molar-refractivity contribution in [1.82, 2.24) is 9.97 Å². The highest BCUT2D eigenvalue weighted by Gasteiger charge is 2.00. The van der Waals surface area contributed by atoms with E-state index < -0.39 is 0 Å². The van der Waals surface area contributed by atoms with Gasteiger partial charge in [-0.25, -0.2) is 4.98 Å². The van der Waals surface area contributed by atoms with Crippen molar-refractivity contribution in [3.63, 3.8) is 0 Å². The first kappa shape index (κ1) is 8.27. The van der Waals surface area contributed by atoms with Crippen LogP contribution in [0.1, 0.15) is 25.4 Å². The van der Waals surface area contributed by atoms with Gasteiger partial charge in [-0.1, -0.05) is 6.92 Å². The van der Waals surface area contributed by atoms with Gasteiger partial charge in [-0.3, -0.25) is 0 Å². The maximum atomic E-state index is 5.62. The van der Waals surface area contributed by atoms with Crippen LogP contribution in [0, 0.1) is 0 Å². The second-order valence-electron chi connectivity index (χ2n) is 2.89. The van der Waals surface area contributed by atoms with Gasteiger partial charge >= 0.3 is 0 Å². The molecule has 3 heteroatoms. The molecule has 1 unspecified atom stereocenters. The predicted octanol–water partition coefficient (Wildman–Crippen LogP) is 0.862. The Morgan fingerprint density at radius 3 is 2.91 bits per heavy atom. The third kappa shape index (κ3) is 2.35. The molecule has 0 spiro atoms. The summed E-state index contributed by atoms with van der Waals surface area (Å²) >= 11 is 0. The highest BCUT2D eigenvalue weighted by atomic mass is 14.9. The predicted molar refractivity (Wildman–Crippen MR) is 45.3 cm³/mol. The van der Waals surface area contributed by atoms with E-state index in [0.29, 0.717) is 0 Å². The number of aromatic amines is 1. The molecule has 0 saturated heterocycles. The zero-order valence-corrected chi connectivity index (χ0v) is 7.09. The molecule has 1 aromatic heterocycles. The van der Waals surface area contributed by atoms with E-state index in [1.165, 1.54) is 5.69 Å². The van der Waals surface area contributed by atoms with Crippen LogP contribution in [0.2, 0.25) is 0 Å². The van der Waals surface area contributed by atoms with Gasteiger partial charge in [0.15, 0.2) is 0 Å². The Hall–Kier alpha value is -0.830. The summed E-state index contributed by atoms with van der Waals surface area (Å²) in [7, 11) is 0. The number of hydrogen-bond donors (Lipinski definition) is 2. The van der Waals surface area contributed by atoms with Crippen molar-refractivity contribution in [2.75, 3.05) is 0 Å². The molecule has 0 amide bonds. The summed E-state index contributed by atoms with van der Waals surface area (Å²) in [6.45, 7) is 4.08. The number of aromatic nitrogens is 2. The molecule has 0 aromatic carbocycles. The average Bonchev–Trinajstić information content (AvgIpc) is 2.34. The van der Waals surface area contributed by atoms with Gasteiger partial charge in [-0.05, 0) is 13.3 Å². The topological polar surface area (TPSA) is 54.7 Å². The van der Waals surface area contributed by atoms with Gasteiger partial charge in [0.05, 0.1) is 0 Å². The Morgan fingerprint density at radius 1 is 1.73 bits per heavy atom. The van der Waals surface area contributed by atoms with Crippen molar-refractivity contribution in [1.29, 1.82) is 0 Å². The highest BCUT2D eigenvalue weighted by Crippen LogP contribution is 1.99. The van der Waals surface area contributed by atoms with Crippen molar-refractivity contribution < 1.29 is 0 Å². The smallest absolute Gasteiger partial charge is 0.107 e. The molecule has 62 valence electrons. The van der Waals surface area contributed by atoms with Gasteiger partial charge in [0, 0.05) is 24.4 Å². The highest BCUT2D eigenvalue weighted by molar-refractivity contribution is 5.01. The number of nitrogens with two attached hydrogens (primary N) is 1. The molecule has 0 aliphatic heterocycles. The standard InChI is InChI=1S/C8H15N3/c1-3-7-5-10-8(11-7)4-6(2)9/h5-6H,3-4,9H2,1-2H3,(H,10,11). The number of nitrogens with one attached hydrogen (secondary N) is 1. The third-order valence-electron chi connectivity index (χ3n) is 1.58. The maximum absolute atomic E-state index is 5.62. The van der Waals surface area contributed by atoms with Crippen LogP contribution in [0.5, 0.6) is 0 Å². The first-order chi connectivity index (χ1) is 5.22. The largest absolute Gasteiger partial charge is 0.346 e. The van der Waals surface area contributed by atoms with E-state index in [9.17, 15) is 0 Å². The summed E-state index contributed by atoms with van der Waals surface area (Å²) in [6, 6.07) is 0.186. The summed E-state index contributed by atoms with van der Waals surface area (Å²) in [5.74, 6) is 0.997. The fourth-order valence-electron chi connectivity index (χ4n) is 0.994. The van der Waals surface area contributed by atoms with Gasteiger partial charge in [0.1, 0.15) is 5.82 Å². The number of rotatable bonds is 3. The van der Waals surface area contributed by atoms with E-state index in [2.05, 4.69) is 16.9 Å². The van der Waals surface area contributed by atoms with Crippen molar-refractivity contribution in [2.45, 2.75) is 32.7 Å². The van der Waals surface area contributed by atoms with Crippen LogP contribution in [0.25, 0.3) is 0 Å². The molecular formula is C8H15N3. The minimum Gasteiger partial charge on any atom is -0.346 e. The van der Waals surface area contributed by atoms with Crippen molar-refractivity contribution in [3.8, 4) is 0 Å². The molecule has 1 heterocycles. The molecule has 1 rings (SSSR count). The summed E-state index contributed by atoms with van der Waals surface area (Å²) in [6.07, 6.45) is 3.71. The normalized spacial score (nSPS) is 13.4. The Kier molecular flexibility index (Phi) is 2.65. The van der Waals surface area contributed by atoms with Crippen LogP contribution >= 0.6 is 0 Å². The molecule has 0 radical (unpaired) electrons. The average molecular weight is 153 g/mol. The molecule has 3 N–H and O–H groups in total. The molecular weight excluding hydrogens is 138 g/mol. The quantitative estimate of drug-likeness (QED) is 0.676. The van der Waals surface area contributed by atoms with Crippen LogP contribution in [0.3, 0.4) is 0 Å². The van der Waals surface area contributed by atoms with E-state index in [0.717, 1.165) is 18.7 Å². The fraction of sp³-hybridized carbons (Fsp3) is 0.625. The fourth-order valence-corrected chi connectivity index (χ4v) is 0.994. The molecule has 0 fully saturated rings. The van der Waals surface area contributed by atoms with Gasteiger partial charge in [0.25, 0.3) is 0 Å². The van der Waals surface area contributed by atoms with E-state index >= 15 is 0 Å². The number of hydrogen-bond acceptors (Lipinski definition) is 2. The maximum Gasteiger partial charge on any atom is 0.107 e. The first-order valence-electron chi connectivity index (χ1n) is 4.00. The van der Waals surface area contributed by atoms with E-state index in [4.69, 9.17) is 5.73 Å². The molecule has 0 bridgehead atoms. The van der Waals surface area contributed by atoms with Crippen LogP contribution in [0.15, 0.2) is 6.20 Å². The van der Waals surface area contributed by atoms with Crippen molar-refractivity contribution >= 4 is 0 Å². The van der Waals surface area contributed by atoms with Gasteiger partial charge < -0.3 is 10.7 Å². The molecule has 3 nitrogen and oxygen atoms in total. The number of imidazole rings is 1.